The Kier molecular flexibility index (Phi) is 5.68. The number of nitro groups is 1. The standard InChI is InChI=1S/C14H12F3N3O3S2/c1-7-6-24-13(18-7)25-8(2)12(21)19-11-4-3-9(20(22)23)5-10(11)14(15,16)17/h3-6,8H,1-2H3,(H,19,21)/t8-/m1/s1. The van der Waals surface area contributed by atoms with Crippen molar-refractivity contribution < 1.29 is 22.9 Å². The van der Waals surface area contributed by atoms with E-state index in [1.165, 1.54) is 18.3 Å². The van der Waals surface area contributed by atoms with Crippen molar-refractivity contribution in [3.63, 3.8) is 0 Å². The topological polar surface area (TPSA) is 85.1 Å². The summed E-state index contributed by atoms with van der Waals surface area (Å²) in [6.07, 6.45) is -4.84. The third-order valence-electron chi connectivity index (χ3n) is 3.02. The van der Waals surface area contributed by atoms with Crippen LogP contribution in [0, 0.1) is 17.0 Å². The maximum atomic E-state index is 13.1. The minimum absolute atomic E-state index is 0.400. The van der Waals surface area contributed by atoms with Crippen LogP contribution in [0.25, 0.3) is 0 Å². The highest BCUT2D eigenvalue weighted by molar-refractivity contribution is 8.02. The van der Waals surface area contributed by atoms with E-state index in [-0.39, 0.29) is 0 Å². The lowest BCUT2D eigenvalue weighted by atomic mass is 10.1. The summed E-state index contributed by atoms with van der Waals surface area (Å²) in [5, 5.41) is 14.0. The predicted molar refractivity (Wildman–Crippen MR) is 88.9 cm³/mol. The number of aromatic nitrogens is 1. The maximum Gasteiger partial charge on any atom is 0.418 e. The fourth-order valence-electron chi connectivity index (χ4n) is 1.81. The van der Waals surface area contributed by atoms with Gasteiger partial charge in [-0.05, 0) is 19.9 Å². The van der Waals surface area contributed by atoms with Gasteiger partial charge in [-0.2, -0.15) is 13.2 Å². The van der Waals surface area contributed by atoms with Crippen LogP contribution < -0.4 is 5.32 Å². The quantitative estimate of drug-likeness (QED) is 0.461. The molecule has 0 radical (unpaired) electrons. The van der Waals surface area contributed by atoms with Crippen molar-refractivity contribution in [1.82, 2.24) is 4.98 Å². The second-order valence-electron chi connectivity index (χ2n) is 4.99. The Morgan fingerprint density at radius 1 is 1.44 bits per heavy atom. The van der Waals surface area contributed by atoms with E-state index >= 15 is 0 Å². The molecular weight excluding hydrogens is 379 g/mol. The molecule has 0 aliphatic carbocycles. The number of halogens is 3. The van der Waals surface area contributed by atoms with E-state index in [1.807, 2.05) is 0 Å². The van der Waals surface area contributed by atoms with Crippen LogP contribution in [0.3, 0.4) is 0 Å². The molecule has 0 spiro atoms. The lowest BCUT2D eigenvalue weighted by Gasteiger charge is -2.15. The number of thioether (sulfide) groups is 1. The summed E-state index contributed by atoms with van der Waals surface area (Å²) in [7, 11) is 0. The van der Waals surface area contributed by atoms with Crippen LogP contribution in [0.15, 0.2) is 27.9 Å². The van der Waals surface area contributed by atoms with Crippen LogP contribution in [0.4, 0.5) is 24.5 Å². The number of benzene rings is 1. The van der Waals surface area contributed by atoms with E-state index < -0.39 is 39.2 Å². The lowest BCUT2D eigenvalue weighted by Crippen LogP contribution is -2.24. The summed E-state index contributed by atoms with van der Waals surface area (Å²) in [5.41, 5.74) is -1.70. The fourth-order valence-corrected chi connectivity index (χ4v) is 3.80. The van der Waals surface area contributed by atoms with Crippen molar-refractivity contribution in [3.8, 4) is 0 Å². The third-order valence-corrected chi connectivity index (χ3v) is 5.21. The van der Waals surface area contributed by atoms with Gasteiger partial charge in [0.25, 0.3) is 5.69 Å². The first kappa shape index (κ1) is 19.2. The smallest absolute Gasteiger partial charge is 0.325 e. The highest BCUT2D eigenvalue weighted by Gasteiger charge is 2.36. The molecule has 25 heavy (non-hydrogen) atoms. The molecule has 1 heterocycles. The first-order valence-electron chi connectivity index (χ1n) is 6.83. The number of carbonyl (C=O) groups is 1. The van der Waals surface area contributed by atoms with Gasteiger partial charge in [0, 0.05) is 23.2 Å². The molecule has 0 saturated heterocycles. The number of nitrogens with one attached hydrogen (secondary N) is 1. The SMILES string of the molecule is Cc1csc(S[C@H](C)C(=O)Nc2ccc([N+](=O)[O-])cc2C(F)(F)F)n1. The number of thiazole rings is 1. The van der Waals surface area contributed by atoms with Gasteiger partial charge in [-0.25, -0.2) is 4.98 Å². The largest absolute Gasteiger partial charge is 0.418 e. The van der Waals surface area contributed by atoms with Crippen LogP contribution in [0.2, 0.25) is 0 Å². The molecule has 1 N–H and O–H groups in total. The molecule has 0 saturated carbocycles. The molecule has 134 valence electrons. The molecular formula is C14H12F3N3O3S2. The minimum Gasteiger partial charge on any atom is -0.325 e. The van der Waals surface area contributed by atoms with Crippen LogP contribution in [0.5, 0.6) is 0 Å². The van der Waals surface area contributed by atoms with Gasteiger partial charge in [0.1, 0.15) is 0 Å². The number of rotatable bonds is 5. The number of nitro benzene ring substituents is 1. The Labute approximate surface area is 148 Å². The molecule has 0 unspecified atom stereocenters. The Morgan fingerprint density at radius 2 is 2.12 bits per heavy atom. The first-order chi connectivity index (χ1) is 11.6. The highest BCUT2D eigenvalue weighted by atomic mass is 32.2. The van der Waals surface area contributed by atoms with Gasteiger partial charge in [0.2, 0.25) is 5.91 Å². The van der Waals surface area contributed by atoms with Gasteiger partial charge in [-0.3, -0.25) is 14.9 Å². The van der Waals surface area contributed by atoms with Gasteiger partial charge in [0.05, 0.1) is 21.4 Å². The van der Waals surface area contributed by atoms with Crippen molar-refractivity contribution in [2.75, 3.05) is 5.32 Å². The number of alkyl halides is 3. The molecule has 1 aromatic heterocycles. The number of non-ortho nitro benzene ring substituents is 1. The molecule has 2 rings (SSSR count). The van der Waals surface area contributed by atoms with Gasteiger partial charge < -0.3 is 5.32 Å². The second kappa shape index (κ2) is 7.40. The normalized spacial score (nSPS) is 12.7. The molecule has 2 aromatic rings. The molecule has 0 aliphatic rings. The molecule has 1 aromatic carbocycles. The van der Waals surface area contributed by atoms with E-state index in [4.69, 9.17) is 0 Å². The highest BCUT2D eigenvalue weighted by Crippen LogP contribution is 2.37. The molecule has 0 fully saturated rings. The molecule has 0 bridgehead atoms. The average molecular weight is 391 g/mol. The van der Waals surface area contributed by atoms with Crippen LogP contribution in [-0.2, 0) is 11.0 Å². The zero-order chi connectivity index (χ0) is 18.8. The Balaban J connectivity index is 2.20. The molecule has 1 atom stereocenters. The zero-order valence-corrected chi connectivity index (χ0v) is 14.6. The molecule has 6 nitrogen and oxygen atoms in total. The van der Waals surface area contributed by atoms with Crippen molar-refractivity contribution in [1.29, 1.82) is 0 Å². The Morgan fingerprint density at radius 3 is 2.64 bits per heavy atom. The molecule has 0 aliphatic heterocycles. The van der Waals surface area contributed by atoms with Crippen LogP contribution in [0.1, 0.15) is 18.2 Å². The summed E-state index contributed by atoms with van der Waals surface area (Å²) >= 11 is 2.45. The monoisotopic (exact) mass is 391 g/mol. The Bertz CT molecular complexity index is 808. The number of hydrogen-bond acceptors (Lipinski definition) is 6. The first-order valence-corrected chi connectivity index (χ1v) is 8.59. The summed E-state index contributed by atoms with van der Waals surface area (Å²) < 4.78 is 39.9. The van der Waals surface area contributed by atoms with E-state index in [1.54, 1.807) is 12.3 Å². The predicted octanol–water partition coefficient (Wildman–Crippen LogP) is 4.50. The average Bonchev–Trinajstić information content (AvgIpc) is 2.91. The van der Waals surface area contributed by atoms with Gasteiger partial charge in [-0.15, -0.1) is 11.3 Å². The van der Waals surface area contributed by atoms with Crippen LogP contribution in [-0.4, -0.2) is 21.1 Å². The summed E-state index contributed by atoms with van der Waals surface area (Å²) in [6.45, 7) is 3.33. The van der Waals surface area contributed by atoms with Gasteiger partial charge in [-0.1, -0.05) is 11.8 Å². The van der Waals surface area contributed by atoms with Crippen molar-refractivity contribution >= 4 is 40.4 Å². The Hall–Kier alpha value is -2.14. The van der Waals surface area contributed by atoms with Crippen molar-refractivity contribution in [2.45, 2.75) is 29.6 Å². The third kappa shape index (κ3) is 4.92. The minimum atomic E-state index is -4.84. The zero-order valence-electron chi connectivity index (χ0n) is 13.0. The number of carbonyl (C=O) groups excluding carboxylic acids is 1. The van der Waals surface area contributed by atoms with Gasteiger partial charge >= 0.3 is 6.18 Å². The number of aryl methyl sites for hydroxylation is 1. The number of anilines is 1. The van der Waals surface area contributed by atoms with Crippen molar-refractivity contribution in [3.05, 3.63) is 45.0 Å². The fraction of sp³-hybridized carbons (Fsp3) is 0.286. The molecule has 11 heteroatoms. The summed E-state index contributed by atoms with van der Waals surface area (Å²) in [6, 6.07) is 2.19. The van der Waals surface area contributed by atoms with E-state index in [2.05, 4.69) is 10.3 Å². The lowest BCUT2D eigenvalue weighted by molar-refractivity contribution is -0.385. The van der Waals surface area contributed by atoms with E-state index in [0.717, 1.165) is 29.6 Å². The maximum absolute atomic E-state index is 13.1. The second-order valence-corrected chi connectivity index (χ2v) is 7.43. The van der Waals surface area contributed by atoms with Crippen LogP contribution >= 0.6 is 23.1 Å². The number of nitrogens with zero attached hydrogens (tertiary/aromatic N) is 2. The number of amides is 1. The molecule has 1 amide bonds. The van der Waals surface area contributed by atoms with E-state index in [9.17, 15) is 28.1 Å². The van der Waals surface area contributed by atoms with Crippen molar-refractivity contribution in [2.24, 2.45) is 0 Å². The summed E-state index contributed by atoms with van der Waals surface area (Å²) in [5.74, 6) is -0.655. The van der Waals surface area contributed by atoms with Gasteiger partial charge in [0.15, 0.2) is 4.34 Å². The number of hydrogen-bond donors (Lipinski definition) is 1. The summed E-state index contributed by atoms with van der Waals surface area (Å²) in [4.78, 5) is 26.1. The van der Waals surface area contributed by atoms with E-state index in [0.29, 0.717) is 10.4 Å².